The number of aryl methyl sites for hydroxylation is 1. The number of pyridine rings is 1. The number of nitrogens with one attached hydrogen (secondary N) is 3. The van der Waals surface area contributed by atoms with Crippen LogP contribution in [-0.4, -0.2) is 43.1 Å². The summed E-state index contributed by atoms with van der Waals surface area (Å²) in [7, 11) is 0. The number of H-pyrrole nitrogens is 1. The number of aromatic amines is 1. The topological polar surface area (TPSA) is 120 Å². The van der Waals surface area contributed by atoms with Crippen LogP contribution in [-0.2, 0) is 5.54 Å². The third kappa shape index (κ3) is 4.90. The molecule has 0 saturated heterocycles. The number of benzene rings is 2. The zero-order valence-corrected chi connectivity index (χ0v) is 24.4. The largest absolute Gasteiger partial charge is 0.383 e. The minimum absolute atomic E-state index is 0.0445. The highest BCUT2D eigenvalue weighted by Crippen LogP contribution is 2.48. The number of aromatic nitrogens is 6. The van der Waals surface area contributed by atoms with E-state index in [1.807, 2.05) is 31.2 Å². The van der Waals surface area contributed by atoms with E-state index in [1.54, 1.807) is 12.3 Å². The van der Waals surface area contributed by atoms with Crippen molar-refractivity contribution in [2.45, 2.75) is 58.5 Å². The smallest absolute Gasteiger partial charge is 0.263 e. The minimum Gasteiger partial charge on any atom is -0.383 e. The number of nitrogens with zero attached hydrogens (tertiary/aromatic N) is 6. The fourth-order valence-corrected chi connectivity index (χ4v) is 5.52. The Morgan fingerprint density at radius 1 is 1.24 bits per heavy atom. The fraction of sp³-hybridized carbons (Fsp3) is 0.367. The zero-order valence-electron chi connectivity index (χ0n) is 23.6. The van der Waals surface area contributed by atoms with E-state index in [2.05, 4.69) is 63.0 Å². The lowest BCUT2D eigenvalue weighted by Crippen LogP contribution is -2.26. The van der Waals surface area contributed by atoms with Crippen LogP contribution in [0.5, 0.6) is 0 Å². The third-order valence-corrected chi connectivity index (χ3v) is 7.98. The Labute approximate surface area is 246 Å². The van der Waals surface area contributed by atoms with E-state index in [4.69, 9.17) is 11.6 Å². The number of alkyl halides is 2. The molecule has 1 fully saturated rings. The molecule has 0 aliphatic heterocycles. The number of anilines is 2. The summed E-state index contributed by atoms with van der Waals surface area (Å²) in [4.78, 5) is 4.46. The second-order valence-corrected chi connectivity index (χ2v) is 12.5. The van der Waals surface area contributed by atoms with E-state index in [0.717, 1.165) is 22.2 Å². The predicted molar refractivity (Wildman–Crippen MR) is 159 cm³/mol. The molecule has 1 aliphatic carbocycles. The van der Waals surface area contributed by atoms with Gasteiger partial charge in [-0.15, -0.1) is 5.10 Å². The van der Waals surface area contributed by atoms with Gasteiger partial charge in [-0.05, 0) is 48.9 Å². The maximum Gasteiger partial charge on any atom is 0.263 e. The van der Waals surface area contributed by atoms with Crippen molar-refractivity contribution >= 4 is 44.8 Å². The average molecular weight is 590 g/mol. The minimum atomic E-state index is -2.54. The molecular formula is C30H30ClF2N9. The van der Waals surface area contributed by atoms with Crippen molar-refractivity contribution in [1.82, 2.24) is 30.2 Å². The molecular weight excluding hydrogens is 560 g/mol. The summed E-state index contributed by atoms with van der Waals surface area (Å²) in [6.45, 7) is 8.86. The van der Waals surface area contributed by atoms with Gasteiger partial charge < -0.3 is 10.6 Å². The molecule has 12 heteroatoms. The Bertz CT molecular complexity index is 1840. The normalized spacial score (nSPS) is 15.2. The van der Waals surface area contributed by atoms with Gasteiger partial charge in [-0.3, -0.25) is 10.1 Å². The Balaban J connectivity index is 1.49. The van der Waals surface area contributed by atoms with Crippen molar-refractivity contribution in [2.24, 2.45) is 5.41 Å². The molecule has 1 atom stereocenters. The van der Waals surface area contributed by atoms with E-state index in [9.17, 15) is 14.0 Å². The van der Waals surface area contributed by atoms with Gasteiger partial charge in [0.15, 0.2) is 0 Å². The molecule has 3 aromatic heterocycles. The number of hydrogen-bond acceptors (Lipinski definition) is 7. The molecule has 0 spiro atoms. The lowest BCUT2D eigenvalue weighted by molar-refractivity contribution is 0.0593. The third-order valence-electron chi connectivity index (χ3n) is 7.69. The Hall–Kier alpha value is -4.30. The van der Waals surface area contributed by atoms with Crippen LogP contribution in [0.3, 0.4) is 0 Å². The summed E-state index contributed by atoms with van der Waals surface area (Å²) in [5.74, 6) is 0. The SMILES string of the molecule is Cc1[nH]nc2cccc([C@H](Nc3cc(Cl)c4ncc(C#N)c(NCC(C)(C)C)c4c3)c3cn(C4(C(F)F)CC4)nn3)c12. The summed E-state index contributed by atoms with van der Waals surface area (Å²) in [5, 5.41) is 34.7. The molecule has 1 saturated carbocycles. The van der Waals surface area contributed by atoms with Gasteiger partial charge in [-0.25, -0.2) is 13.5 Å². The van der Waals surface area contributed by atoms with Gasteiger partial charge >= 0.3 is 0 Å². The molecule has 2 aromatic carbocycles. The van der Waals surface area contributed by atoms with E-state index in [0.29, 0.717) is 57.9 Å². The summed E-state index contributed by atoms with van der Waals surface area (Å²) >= 11 is 6.76. The highest BCUT2D eigenvalue weighted by atomic mass is 35.5. The van der Waals surface area contributed by atoms with Gasteiger partial charge in [0.1, 0.15) is 17.3 Å². The molecule has 42 heavy (non-hydrogen) atoms. The summed E-state index contributed by atoms with van der Waals surface area (Å²) in [5.41, 5.74) is 3.83. The summed E-state index contributed by atoms with van der Waals surface area (Å²) in [6.07, 6.45) is 1.27. The van der Waals surface area contributed by atoms with Gasteiger partial charge in [-0.1, -0.05) is 49.7 Å². The highest BCUT2D eigenvalue weighted by Gasteiger charge is 2.54. The maximum atomic E-state index is 13.9. The molecule has 3 heterocycles. The first-order valence-electron chi connectivity index (χ1n) is 13.7. The van der Waals surface area contributed by atoms with Gasteiger partial charge in [-0.2, -0.15) is 10.4 Å². The van der Waals surface area contributed by atoms with Crippen molar-refractivity contribution in [1.29, 1.82) is 5.26 Å². The lowest BCUT2D eigenvalue weighted by atomic mass is 9.96. The van der Waals surface area contributed by atoms with Gasteiger partial charge in [0.25, 0.3) is 6.43 Å². The van der Waals surface area contributed by atoms with E-state index in [-0.39, 0.29) is 5.41 Å². The fourth-order valence-electron chi connectivity index (χ4n) is 5.25. The zero-order chi connectivity index (χ0) is 29.8. The molecule has 0 radical (unpaired) electrons. The van der Waals surface area contributed by atoms with Crippen LogP contribution in [0.15, 0.2) is 42.7 Å². The molecule has 0 unspecified atom stereocenters. The number of nitriles is 1. The molecule has 6 rings (SSSR count). The van der Waals surface area contributed by atoms with Crippen molar-refractivity contribution < 1.29 is 8.78 Å². The Kier molecular flexibility index (Phi) is 6.77. The van der Waals surface area contributed by atoms with Crippen LogP contribution in [0.25, 0.3) is 21.8 Å². The van der Waals surface area contributed by atoms with E-state index < -0.39 is 18.0 Å². The van der Waals surface area contributed by atoms with Gasteiger partial charge in [0.2, 0.25) is 0 Å². The second kappa shape index (κ2) is 10.2. The van der Waals surface area contributed by atoms with Crippen molar-refractivity contribution in [2.75, 3.05) is 17.2 Å². The molecule has 0 amide bonds. The molecule has 0 bridgehead atoms. The molecule has 216 valence electrons. The van der Waals surface area contributed by atoms with Crippen LogP contribution < -0.4 is 10.6 Å². The summed E-state index contributed by atoms with van der Waals surface area (Å²) in [6, 6.07) is 11.0. The molecule has 1 aliphatic rings. The first-order chi connectivity index (χ1) is 20.0. The second-order valence-electron chi connectivity index (χ2n) is 12.1. The standard InChI is InChI=1S/C30H30ClF2N9/c1-16-24-19(6-5-7-22(24)39-38-16)27(23-14-42(41-40-23)30(8-9-30)28(32)33)37-18-10-20-25(36-15-29(2,3)4)17(12-34)13-35-26(20)21(31)11-18/h5-7,10-11,13-14,27-28,37H,8-9,15H2,1-4H3,(H,35,36)(H,38,39)/t27-/m0/s1. The van der Waals surface area contributed by atoms with Crippen LogP contribution in [0.1, 0.15) is 62.2 Å². The number of halogens is 3. The number of fused-ring (bicyclic) bond motifs is 2. The van der Waals surface area contributed by atoms with Crippen molar-refractivity contribution in [3.05, 3.63) is 70.3 Å². The van der Waals surface area contributed by atoms with E-state index in [1.165, 1.54) is 10.9 Å². The van der Waals surface area contributed by atoms with Crippen molar-refractivity contribution in [3.8, 4) is 6.07 Å². The first-order valence-corrected chi connectivity index (χ1v) is 14.1. The average Bonchev–Trinajstić information content (AvgIpc) is 3.47. The van der Waals surface area contributed by atoms with Gasteiger partial charge in [0, 0.05) is 34.9 Å². The monoisotopic (exact) mass is 589 g/mol. The van der Waals surface area contributed by atoms with Crippen LogP contribution in [0, 0.1) is 23.7 Å². The van der Waals surface area contributed by atoms with Crippen LogP contribution in [0.4, 0.5) is 20.2 Å². The lowest BCUT2D eigenvalue weighted by Gasteiger charge is -2.23. The number of hydrogen-bond donors (Lipinski definition) is 3. The van der Waals surface area contributed by atoms with Crippen LogP contribution >= 0.6 is 11.6 Å². The van der Waals surface area contributed by atoms with E-state index >= 15 is 0 Å². The first kappa shape index (κ1) is 27.8. The predicted octanol–water partition coefficient (Wildman–Crippen LogP) is 6.95. The quantitative estimate of drug-likeness (QED) is 0.179. The molecule has 9 nitrogen and oxygen atoms in total. The summed E-state index contributed by atoms with van der Waals surface area (Å²) < 4.78 is 29.1. The Morgan fingerprint density at radius 3 is 2.71 bits per heavy atom. The number of rotatable bonds is 8. The van der Waals surface area contributed by atoms with Crippen LogP contribution in [0.2, 0.25) is 5.02 Å². The molecule has 5 aromatic rings. The van der Waals surface area contributed by atoms with Crippen molar-refractivity contribution in [3.63, 3.8) is 0 Å². The molecule has 3 N–H and O–H groups in total. The highest BCUT2D eigenvalue weighted by molar-refractivity contribution is 6.35. The van der Waals surface area contributed by atoms with Gasteiger partial charge in [0.05, 0.1) is 39.5 Å². The Morgan fingerprint density at radius 2 is 2.02 bits per heavy atom. The maximum absolute atomic E-state index is 13.9.